The van der Waals surface area contributed by atoms with E-state index in [0.717, 1.165) is 22.2 Å². The van der Waals surface area contributed by atoms with Crippen molar-refractivity contribution in [3.8, 4) is 0 Å². The molecule has 2 rings (SSSR count). The largest absolute Gasteiger partial charge is 0.375 e. The zero-order valence-electron chi connectivity index (χ0n) is 9.12. The summed E-state index contributed by atoms with van der Waals surface area (Å²) in [6.45, 7) is 1.87. The highest BCUT2D eigenvalue weighted by molar-refractivity contribution is 7.80. The third-order valence-corrected chi connectivity index (χ3v) is 2.69. The third kappa shape index (κ3) is 2.57. The van der Waals surface area contributed by atoms with Crippen LogP contribution in [0.4, 0.5) is 0 Å². The highest BCUT2D eigenvalue weighted by Gasteiger charge is 2.06. The van der Waals surface area contributed by atoms with Crippen molar-refractivity contribution in [1.82, 2.24) is 10.4 Å². The van der Waals surface area contributed by atoms with Gasteiger partial charge in [0, 0.05) is 27.7 Å². The number of hydrazone groups is 1. The predicted octanol–water partition coefficient (Wildman–Crippen LogP) is 2.38. The van der Waals surface area contributed by atoms with Gasteiger partial charge in [-0.25, -0.2) is 0 Å². The number of nitrogens with one attached hydrogen (secondary N) is 2. The van der Waals surface area contributed by atoms with Gasteiger partial charge >= 0.3 is 0 Å². The van der Waals surface area contributed by atoms with Crippen LogP contribution in [0.1, 0.15) is 12.5 Å². The zero-order chi connectivity index (χ0) is 12.4. The standard InChI is InChI=1S/C11H11ClN4S/c1-6(15-16-11(13)17)9-5-14-10-3-2-7(12)4-8(9)10/h2-5,14H,1H3,(H3,13,16,17)/b15-6+. The maximum atomic E-state index is 5.97. The van der Waals surface area contributed by atoms with E-state index in [4.69, 9.17) is 29.6 Å². The Morgan fingerprint density at radius 3 is 3.00 bits per heavy atom. The molecule has 0 saturated carbocycles. The summed E-state index contributed by atoms with van der Waals surface area (Å²) in [6, 6.07) is 5.65. The Morgan fingerprint density at radius 2 is 2.29 bits per heavy atom. The van der Waals surface area contributed by atoms with Crippen molar-refractivity contribution >= 4 is 45.5 Å². The number of halogens is 1. The molecule has 4 nitrogen and oxygen atoms in total. The second-order valence-corrected chi connectivity index (χ2v) is 4.44. The number of nitrogens with two attached hydrogens (primary N) is 1. The molecule has 0 spiro atoms. The smallest absolute Gasteiger partial charge is 0.184 e. The maximum absolute atomic E-state index is 5.97. The minimum Gasteiger partial charge on any atom is -0.375 e. The fourth-order valence-electron chi connectivity index (χ4n) is 1.59. The molecule has 0 unspecified atom stereocenters. The molecule has 1 aromatic heterocycles. The fourth-order valence-corrected chi connectivity index (χ4v) is 1.81. The number of hydrogen-bond donors (Lipinski definition) is 3. The van der Waals surface area contributed by atoms with Gasteiger partial charge in [-0.3, -0.25) is 5.43 Å². The molecule has 2 aromatic rings. The molecule has 0 saturated heterocycles. The van der Waals surface area contributed by atoms with Crippen LogP contribution in [0, 0.1) is 0 Å². The van der Waals surface area contributed by atoms with Gasteiger partial charge in [0.25, 0.3) is 0 Å². The molecule has 1 aromatic carbocycles. The summed E-state index contributed by atoms with van der Waals surface area (Å²) >= 11 is 10.7. The number of benzene rings is 1. The molecule has 0 bridgehead atoms. The van der Waals surface area contributed by atoms with Crippen LogP contribution in [0.5, 0.6) is 0 Å². The second-order valence-electron chi connectivity index (χ2n) is 3.57. The van der Waals surface area contributed by atoms with Gasteiger partial charge in [-0.1, -0.05) is 11.6 Å². The third-order valence-electron chi connectivity index (χ3n) is 2.37. The van der Waals surface area contributed by atoms with Crippen LogP contribution in [-0.2, 0) is 0 Å². The van der Waals surface area contributed by atoms with Crippen molar-refractivity contribution in [2.75, 3.05) is 0 Å². The molecule has 0 fully saturated rings. The average Bonchev–Trinajstić information content (AvgIpc) is 2.68. The van der Waals surface area contributed by atoms with Crippen molar-refractivity contribution in [3.63, 3.8) is 0 Å². The molecule has 0 amide bonds. The normalized spacial score (nSPS) is 11.8. The number of H-pyrrole nitrogens is 1. The van der Waals surface area contributed by atoms with Gasteiger partial charge in [0.2, 0.25) is 0 Å². The lowest BCUT2D eigenvalue weighted by Crippen LogP contribution is -2.25. The molecule has 17 heavy (non-hydrogen) atoms. The molecular formula is C11H11ClN4S. The number of fused-ring (bicyclic) bond motifs is 1. The highest BCUT2D eigenvalue weighted by atomic mass is 35.5. The molecule has 0 atom stereocenters. The Balaban J connectivity index is 2.45. The van der Waals surface area contributed by atoms with E-state index in [9.17, 15) is 0 Å². The van der Waals surface area contributed by atoms with Crippen molar-refractivity contribution < 1.29 is 0 Å². The van der Waals surface area contributed by atoms with E-state index in [-0.39, 0.29) is 5.11 Å². The van der Waals surface area contributed by atoms with Crippen molar-refractivity contribution in [1.29, 1.82) is 0 Å². The number of thiocarbonyl (C=S) groups is 1. The lowest BCUT2D eigenvalue weighted by molar-refractivity contribution is 1.03. The molecular weight excluding hydrogens is 256 g/mol. The Bertz CT molecular complexity index is 603. The maximum Gasteiger partial charge on any atom is 0.184 e. The summed E-state index contributed by atoms with van der Waals surface area (Å²) in [6.07, 6.45) is 1.88. The van der Waals surface area contributed by atoms with Crippen molar-refractivity contribution in [3.05, 3.63) is 35.0 Å². The molecule has 88 valence electrons. The monoisotopic (exact) mass is 266 g/mol. The quantitative estimate of drug-likeness (QED) is 0.444. The fraction of sp³-hybridized carbons (Fsp3) is 0.0909. The van der Waals surface area contributed by atoms with Crippen LogP contribution in [-0.4, -0.2) is 15.8 Å². The summed E-state index contributed by atoms with van der Waals surface area (Å²) in [5, 5.41) is 5.93. The first-order valence-electron chi connectivity index (χ1n) is 4.94. The lowest BCUT2D eigenvalue weighted by Gasteiger charge is -2.00. The van der Waals surface area contributed by atoms with Gasteiger partial charge in [-0.2, -0.15) is 5.10 Å². The van der Waals surface area contributed by atoms with Gasteiger partial charge in [0.05, 0.1) is 5.71 Å². The molecule has 0 aliphatic rings. The molecule has 0 aliphatic heterocycles. The van der Waals surface area contributed by atoms with Crippen LogP contribution in [0.2, 0.25) is 5.02 Å². The van der Waals surface area contributed by atoms with Crippen LogP contribution in [0.15, 0.2) is 29.5 Å². The zero-order valence-corrected chi connectivity index (χ0v) is 10.7. The first-order chi connectivity index (χ1) is 8.08. The van der Waals surface area contributed by atoms with Crippen LogP contribution >= 0.6 is 23.8 Å². The minimum absolute atomic E-state index is 0.141. The number of rotatable bonds is 2. The van der Waals surface area contributed by atoms with Crippen molar-refractivity contribution in [2.45, 2.75) is 6.92 Å². The SMILES string of the molecule is C/C(=N\NC(N)=S)c1c[nH]c2ccc(Cl)cc12. The van der Waals surface area contributed by atoms with Gasteiger partial charge in [-0.05, 0) is 37.3 Å². The van der Waals surface area contributed by atoms with Crippen LogP contribution in [0.25, 0.3) is 10.9 Å². The second kappa shape index (κ2) is 4.73. The van der Waals surface area contributed by atoms with Gasteiger partial charge < -0.3 is 10.7 Å². The van der Waals surface area contributed by atoms with E-state index in [0.29, 0.717) is 5.02 Å². The van der Waals surface area contributed by atoms with Gasteiger partial charge in [-0.15, -0.1) is 0 Å². The summed E-state index contributed by atoms with van der Waals surface area (Å²) in [5.41, 5.74) is 10.6. The number of nitrogens with zero attached hydrogens (tertiary/aromatic N) is 1. The van der Waals surface area contributed by atoms with Crippen LogP contribution < -0.4 is 11.2 Å². The number of aromatic nitrogens is 1. The van der Waals surface area contributed by atoms with E-state index in [2.05, 4.69) is 15.5 Å². The van der Waals surface area contributed by atoms with E-state index < -0.39 is 0 Å². The van der Waals surface area contributed by atoms with Gasteiger partial charge in [0.1, 0.15) is 0 Å². The summed E-state index contributed by atoms with van der Waals surface area (Å²) in [5.74, 6) is 0. The van der Waals surface area contributed by atoms with Gasteiger partial charge in [0.15, 0.2) is 5.11 Å². The van der Waals surface area contributed by atoms with Crippen LogP contribution in [0.3, 0.4) is 0 Å². The highest BCUT2D eigenvalue weighted by Crippen LogP contribution is 2.22. The molecule has 0 radical (unpaired) electrons. The van der Waals surface area contributed by atoms with E-state index in [1.807, 2.05) is 31.3 Å². The number of hydrogen-bond acceptors (Lipinski definition) is 2. The topological polar surface area (TPSA) is 66.2 Å². The Labute approximate surface area is 109 Å². The first-order valence-corrected chi connectivity index (χ1v) is 5.73. The Kier molecular flexibility index (Phi) is 3.31. The predicted molar refractivity (Wildman–Crippen MR) is 75.4 cm³/mol. The molecule has 0 aliphatic carbocycles. The van der Waals surface area contributed by atoms with E-state index >= 15 is 0 Å². The Morgan fingerprint density at radius 1 is 1.53 bits per heavy atom. The summed E-state index contributed by atoms with van der Waals surface area (Å²) < 4.78 is 0. The lowest BCUT2D eigenvalue weighted by atomic mass is 10.1. The molecule has 4 N–H and O–H groups in total. The van der Waals surface area contributed by atoms with Crippen molar-refractivity contribution in [2.24, 2.45) is 10.8 Å². The summed E-state index contributed by atoms with van der Waals surface area (Å²) in [7, 11) is 0. The minimum atomic E-state index is 0.141. The number of aromatic amines is 1. The molecule has 1 heterocycles. The Hall–Kier alpha value is -1.59. The van der Waals surface area contributed by atoms with E-state index in [1.54, 1.807) is 0 Å². The summed E-state index contributed by atoms with van der Waals surface area (Å²) in [4.78, 5) is 3.15. The first kappa shape index (κ1) is 11.9. The average molecular weight is 267 g/mol. The molecule has 6 heteroatoms. The van der Waals surface area contributed by atoms with E-state index in [1.165, 1.54) is 0 Å².